The van der Waals surface area contributed by atoms with Crippen LogP contribution in [-0.4, -0.2) is 60.1 Å². The van der Waals surface area contributed by atoms with Crippen molar-refractivity contribution >= 4 is 0 Å². The summed E-state index contributed by atoms with van der Waals surface area (Å²) < 4.78 is 13.6. The van der Waals surface area contributed by atoms with Crippen molar-refractivity contribution in [3.63, 3.8) is 0 Å². The second-order valence-corrected chi connectivity index (χ2v) is 7.06. The number of hydrogen-bond acceptors (Lipinski definition) is 4. The number of aromatic nitrogens is 1. The number of nitrogens with zero attached hydrogens (tertiary/aromatic N) is 3. The molecule has 0 spiro atoms. The third-order valence-electron chi connectivity index (χ3n) is 4.78. The lowest BCUT2D eigenvalue weighted by molar-refractivity contribution is 0.0616. The van der Waals surface area contributed by atoms with Gasteiger partial charge >= 0.3 is 0 Å². The Balaban J connectivity index is 1.80. The summed E-state index contributed by atoms with van der Waals surface area (Å²) in [5.74, 6) is -0.236. The summed E-state index contributed by atoms with van der Waals surface area (Å²) in [5.41, 5.74) is 0.762. The van der Waals surface area contributed by atoms with Crippen LogP contribution in [-0.2, 0) is 6.54 Å². The summed E-state index contributed by atoms with van der Waals surface area (Å²) in [7, 11) is 4.33. The van der Waals surface area contributed by atoms with E-state index >= 15 is 0 Å². The quantitative estimate of drug-likeness (QED) is 0.872. The topological polar surface area (TPSA) is 31.4 Å². The smallest absolute Gasteiger partial charge is 0.145 e. The normalized spacial score (nSPS) is 18.1. The lowest BCUT2D eigenvalue weighted by atomic mass is 9.96. The predicted octanol–water partition coefficient (Wildman–Crippen LogP) is 2.11. The van der Waals surface area contributed by atoms with E-state index in [2.05, 4.69) is 48.0 Å². The highest BCUT2D eigenvalue weighted by molar-refractivity contribution is 5.12. The minimum absolute atomic E-state index is 0.0841. The second-order valence-electron chi connectivity index (χ2n) is 7.06. The zero-order valence-electron chi connectivity index (χ0n) is 14.3. The summed E-state index contributed by atoms with van der Waals surface area (Å²) in [6, 6.07) is 2.43. The van der Waals surface area contributed by atoms with Crippen LogP contribution in [0.3, 0.4) is 0 Å². The van der Waals surface area contributed by atoms with Crippen molar-refractivity contribution < 1.29 is 4.39 Å². The van der Waals surface area contributed by atoms with Gasteiger partial charge in [-0.2, -0.15) is 0 Å². The maximum Gasteiger partial charge on any atom is 0.145 e. The minimum atomic E-state index is -0.236. The Kier molecular flexibility index (Phi) is 5.89. The molecule has 0 unspecified atom stereocenters. The number of hydrogen-bond donors (Lipinski definition) is 1. The van der Waals surface area contributed by atoms with Gasteiger partial charge in [0.1, 0.15) is 5.82 Å². The van der Waals surface area contributed by atoms with Gasteiger partial charge in [-0.05, 0) is 46.9 Å². The molecule has 0 bridgehead atoms. The second kappa shape index (κ2) is 7.49. The monoisotopic (exact) mass is 308 g/mol. The van der Waals surface area contributed by atoms with Crippen LogP contribution in [0.25, 0.3) is 0 Å². The number of halogens is 1. The molecule has 5 heteroatoms. The first-order valence-corrected chi connectivity index (χ1v) is 8.11. The highest BCUT2D eigenvalue weighted by atomic mass is 19.1. The molecule has 1 aromatic rings. The van der Waals surface area contributed by atoms with Gasteiger partial charge in [0.2, 0.25) is 0 Å². The molecular weight excluding hydrogens is 279 g/mol. The van der Waals surface area contributed by atoms with E-state index in [1.807, 2.05) is 0 Å². The summed E-state index contributed by atoms with van der Waals surface area (Å²) in [6.07, 6.45) is 5.34. The van der Waals surface area contributed by atoms with Crippen LogP contribution in [0.5, 0.6) is 0 Å². The average Bonchev–Trinajstić information content (AvgIpc) is 2.49. The van der Waals surface area contributed by atoms with E-state index in [-0.39, 0.29) is 11.4 Å². The number of nitrogens with one attached hydrogen (secondary N) is 1. The maximum absolute atomic E-state index is 13.6. The van der Waals surface area contributed by atoms with Crippen molar-refractivity contribution in [2.75, 3.05) is 33.7 Å². The molecule has 0 saturated carbocycles. The minimum Gasteiger partial charge on any atom is -0.311 e. The maximum atomic E-state index is 13.6. The van der Waals surface area contributed by atoms with Gasteiger partial charge in [0.05, 0.1) is 6.20 Å². The van der Waals surface area contributed by atoms with E-state index in [1.54, 1.807) is 12.3 Å². The summed E-state index contributed by atoms with van der Waals surface area (Å²) in [4.78, 5) is 8.65. The van der Waals surface area contributed by atoms with Crippen molar-refractivity contribution in [2.24, 2.45) is 0 Å². The molecule has 124 valence electrons. The van der Waals surface area contributed by atoms with Crippen molar-refractivity contribution in [3.05, 3.63) is 29.8 Å². The Morgan fingerprint density at radius 2 is 2.05 bits per heavy atom. The van der Waals surface area contributed by atoms with Gasteiger partial charge in [-0.15, -0.1) is 0 Å². The zero-order chi connectivity index (χ0) is 16.2. The molecule has 0 atom stereocenters. The van der Waals surface area contributed by atoms with E-state index < -0.39 is 0 Å². The molecular formula is C17H29FN4. The molecule has 4 nitrogen and oxygen atoms in total. The molecule has 1 aromatic heterocycles. The largest absolute Gasteiger partial charge is 0.311 e. The lowest BCUT2D eigenvalue weighted by Gasteiger charge is -2.44. The Morgan fingerprint density at radius 1 is 1.36 bits per heavy atom. The molecule has 1 saturated heterocycles. The van der Waals surface area contributed by atoms with Crippen molar-refractivity contribution in [1.29, 1.82) is 0 Å². The van der Waals surface area contributed by atoms with Crippen LogP contribution in [0.15, 0.2) is 18.5 Å². The Bertz CT molecular complexity index is 467. The van der Waals surface area contributed by atoms with Crippen molar-refractivity contribution in [3.8, 4) is 0 Å². The molecule has 1 fully saturated rings. The van der Waals surface area contributed by atoms with E-state index in [1.165, 1.54) is 19.0 Å². The average molecular weight is 308 g/mol. The summed E-state index contributed by atoms with van der Waals surface area (Å²) >= 11 is 0. The van der Waals surface area contributed by atoms with Crippen LogP contribution in [0.2, 0.25) is 0 Å². The third-order valence-corrected chi connectivity index (χ3v) is 4.78. The molecule has 0 amide bonds. The van der Waals surface area contributed by atoms with Gasteiger partial charge in [-0.3, -0.25) is 9.88 Å². The zero-order valence-corrected chi connectivity index (χ0v) is 14.3. The number of piperidine rings is 1. The predicted molar refractivity (Wildman–Crippen MR) is 88.3 cm³/mol. The van der Waals surface area contributed by atoms with Crippen LogP contribution in [0.1, 0.15) is 32.3 Å². The van der Waals surface area contributed by atoms with Gasteiger partial charge in [0.25, 0.3) is 0 Å². The summed E-state index contributed by atoms with van der Waals surface area (Å²) in [5, 5.41) is 3.39. The van der Waals surface area contributed by atoms with Crippen molar-refractivity contribution in [2.45, 2.75) is 44.8 Å². The highest BCUT2D eigenvalue weighted by Gasteiger charge is 2.30. The highest BCUT2D eigenvalue weighted by Crippen LogP contribution is 2.22. The van der Waals surface area contributed by atoms with Crippen LogP contribution in [0.4, 0.5) is 4.39 Å². The number of likely N-dealkylation sites (tertiary alicyclic amines) is 1. The lowest BCUT2D eigenvalue weighted by Crippen LogP contribution is -2.55. The molecule has 0 aliphatic carbocycles. The van der Waals surface area contributed by atoms with Gasteiger partial charge < -0.3 is 10.2 Å². The third kappa shape index (κ3) is 4.48. The fourth-order valence-electron chi connectivity index (χ4n) is 3.15. The van der Waals surface area contributed by atoms with E-state index in [4.69, 9.17) is 0 Å². The molecule has 2 rings (SSSR count). The molecule has 0 aromatic carbocycles. The summed E-state index contributed by atoms with van der Waals surface area (Å²) in [6.45, 7) is 8.17. The fraction of sp³-hybridized carbons (Fsp3) is 0.706. The molecule has 1 aliphatic heterocycles. The van der Waals surface area contributed by atoms with Crippen LogP contribution < -0.4 is 5.32 Å². The van der Waals surface area contributed by atoms with E-state index in [0.717, 1.165) is 19.6 Å². The van der Waals surface area contributed by atoms with Gasteiger partial charge in [-0.1, -0.05) is 0 Å². The molecule has 2 heterocycles. The molecule has 0 radical (unpaired) electrons. The number of rotatable bonds is 6. The first kappa shape index (κ1) is 17.3. The SMILES string of the molecule is CN(C)C1CCN(C(C)(C)CNCc2ccncc2F)CC1. The van der Waals surface area contributed by atoms with Crippen molar-refractivity contribution in [1.82, 2.24) is 20.1 Å². The van der Waals surface area contributed by atoms with E-state index in [0.29, 0.717) is 18.2 Å². The van der Waals surface area contributed by atoms with Crippen LogP contribution >= 0.6 is 0 Å². The Labute approximate surface area is 133 Å². The van der Waals surface area contributed by atoms with Gasteiger partial charge in [0.15, 0.2) is 0 Å². The van der Waals surface area contributed by atoms with E-state index in [9.17, 15) is 4.39 Å². The fourth-order valence-corrected chi connectivity index (χ4v) is 3.15. The van der Waals surface area contributed by atoms with Gasteiger partial charge in [0, 0.05) is 49.5 Å². The molecule has 1 aliphatic rings. The molecule has 1 N–H and O–H groups in total. The van der Waals surface area contributed by atoms with Crippen LogP contribution in [0, 0.1) is 5.82 Å². The molecule has 22 heavy (non-hydrogen) atoms. The first-order chi connectivity index (χ1) is 10.4. The Morgan fingerprint density at radius 3 is 2.64 bits per heavy atom. The number of pyridine rings is 1. The Hall–Kier alpha value is -1.04. The first-order valence-electron chi connectivity index (χ1n) is 8.11. The standard InChI is InChI=1S/C17H29FN4/c1-17(2,22-9-6-15(7-10-22)21(3)4)13-20-11-14-5-8-19-12-16(14)18/h5,8,12,15,20H,6-7,9-11,13H2,1-4H3. The van der Waals surface area contributed by atoms with Gasteiger partial charge in [-0.25, -0.2) is 4.39 Å².